The summed E-state index contributed by atoms with van der Waals surface area (Å²) < 4.78 is 33.4. The molecule has 1 N–H and O–H groups in total. The summed E-state index contributed by atoms with van der Waals surface area (Å²) in [6.07, 6.45) is 4.56. The van der Waals surface area contributed by atoms with Crippen LogP contribution in [0.25, 0.3) is 6.08 Å². The van der Waals surface area contributed by atoms with Gasteiger partial charge in [0.1, 0.15) is 11.8 Å². The van der Waals surface area contributed by atoms with Crippen LogP contribution in [0.1, 0.15) is 37.8 Å². The smallest absolute Gasteiger partial charge is 0.335 e. The van der Waals surface area contributed by atoms with E-state index in [2.05, 4.69) is 15.5 Å². The Morgan fingerprint density at radius 1 is 1.26 bits per heavy atom. The Bertz CT molecular complexity index is 901. The lowest BCUT2D eigenvalue weighted by molar-refractivity contribution is -0.117. The molecule has 0 aliphatic heterocycles. The number of nitrogens with zero attached hydrogens (tertiary/aromatic N) is 2. The largest absolute Gasteiger partial charge is 0.497 e. The molecule has 146 valence electrons. The molecule has 0 fully saturated rings. The van der Waals surface area contributed by atoms with E-state index in [1.165, 1.54) is 6.08 Å². The zero-order valence-electron chi connectivity index (χ0n) is 15.7. The van der Waals surface area contributed by atoms with Gasteiger partial charge in [-0.15, -0.1) is 5.10 Å². The van der Waals surface area contributed by atoms with E-state index in [1.807, 2.05) is 26.0 Å². The first-order chi connectivity index (χ1) is 12.7. The topological polar surface area (TPSA) is 111 Å². The van der Waals surface area contributed by atoms with Crippen molar-refractivity contribution < 1.29 is 22.4 Å². The lowest BCUT2D eigenvalue weighted by atomic mass is 10.0. The molecule has 0 aliphatic carbocycles. The quantitative estimate of drug-likeness (QED) is 0.685. The van der Waals surface area contributed by atoms with Gasteiger partial charge >= 0.3 is 5.22 Å². The van der Waals surface area contributed by atoms with Crippen molar-refractivity contribution in [3.8, 4) is 5.75 Å². The second-order valence-electron chi connectivity index (χ2n) is 6.48. The lowest BCUT2D eigenvalue weighted by Crippen LogP contribution is -2.28. The molecule has 9 heteroatoms. The molecule has 0 saturated carbocycles. The molecule has 1 aromatic heterocycles. The van der Waals surface area contributed by atoms with Gasteiger partial charge in [0.05, 0.1) is 7.11 Å². The minimum absolute atomic E-state index is 0.0651. The van der Waals surface area contributed by atoms with Crippen LogP contribution in [0.2, 0.25) is 0 Å². The van der Waals surface area contributed by atoms with Crippen molar-refractivity contribution in [3.63, 3.8) is 0 Å². The molecular formula is C18H23N3O5S. The van der Waals surface area contributed by atoms with Gasteiger partial charge in [-0.25, -0.2) is 8.42 Å². The zero-order valence-corrected chi connectivity index (χ0v) is 16.5. The zero-order chi connectivity index (χ0) is 20.0. The van der Waals surface area contributed by atoms with Crippen molar-refractivity contribution in [3.05, 3.63) is 41.8 Å². The fourth-order valence-electron chi connectivity index (χ4n) is 2.31. The molecular weight excluding hydrogens is 370 g/mol. The number of sulfone groups is 1. The maximum Gasteiger partial charge on any atom is 0.335 e. The van der Waals surface area contributed by atoms with Gasteiger partial charge < -0.3 is 14.5 Å². The Morgan fingerprint density at radius 2 is 1.93 bits per heavy atom. The van der Waals surface area contributed by atoms with E-state index in [1.54, 1.807) is 25.3 Å². The Hall–Kier alpha value is -2.68. The van der Waals surface area contributed by atoms with Crippen LogP contribution in [-0.4, -0.2) is 37.9 Å². The van der Waals surface area contributed by atoms with Crippen molar-refractivity contribution in [2.24, 2.45) is 5.92 Å². The van der Waals surface area contributed by atoms with Gasteiger partial charge in [0.25, 0.3) is 0 Å². The highest BCUT2D eigenvalue weighted by Gasteiger charge is 2.24. The van der Waals surface area contributed by atoms with Crippen molar-refractivity contribution in [1.82, 2.24) is 15.5 Å². The van der Waals surface area contributed by atoms with Crippen molar-refractivity contribution in [1.29, 1.82) is 0 Å². The van der Waals surface area contributed by atoms with Crippen molar-refractivity contribution in [2.75, 3.05) is 13.4 Å². The molecule has 0 radical (unpaired) electrons. The molecule has 27 heavy (non-hydrogen) atoms. The van der Waals surface area contributed by atoms with Gasteiger partial charge in [0.2, 0.25) is 21.6 Å². The summed E-state index contributed by atoms with van der Waals surface area (Å²) in [5.74, 6) is 0.659. The van der Waals surface area contributed by atoms with E-state index in [0.717, 1.165) is 17.6 Å². The normalized spacial score (nSPS) is 13.1. The molecule has 1 amide bonds. The van der Waals surface area contributed by atoms with E-state index in [0.29, 0.717) is 6.42 Å². The average molecular weight is 393 g/mol. The number of rotatable bonds is 8. The number of carbonyl (C=O) groups excluding carboxylic acids is 1. The Balaban J connectivity index is 2.11. The number of amides is 1. The second kappa shape index (κ2) is 8.81. The molecule has 0 saturated heterocycles. The van der Waals surface area contributed by atoms with Crippen LogP contribution in [0.15, 0.2) is 40.0 Å². The lowest BCUT2D eigenvalue weighted by Gasteiger charge is -2.16. The number of benzene rings is 1. The van der Waals surface area contributed by atoms with E-state index < -0.39 is 21.1 Å². The van der Waals surface area contributed by atoms with E-state index >= 15 is 0 Å². The van der Waals surface area contributed by atoms with Crippen LogP contribution in [0.4, 0.5) is 0 Å². The Kier molecular flexibility index (Phi) is 6.73. The van der Waals surface area contributed by atoms with Crippen LogP contribution in [0.3, 0.4) is 0 Å². The standard InChI is InChI=1S/C18H23N3O5S/c1-12(2)11-15(17-20-21-18(26-17)27(4,23)24)19-16(22)10-7-13-5-8-14(25-3)9-6-13/h5-10,12,15H,11H2,1-4H3,(H,19,22)/b10-7+/t15-/m0/s1. The van der Waals surface area contributed by atoms with Crippen LogP contribution in [0.5, 0.6) is 5.75 Å². The van der Waals surface area contributed by atoms with Gasteiger partial charge in [-0.2, -0.15) is 0 Å². The number of hydrogen-bond donors (Lipinski definition) is 1. The molecule has 2 aromatic rings. The monoisotopic (exact) mass is 393 g/mol. The molecule has 0 unspecified atom stereocenters. The summed E-state index contributed by atoms with van der Waals surface area (Å²) in [6.45, 7) is 3.94. The maximum absolute atomic E-state index is 12.3. The summed E-state index contributed by atoms with van der Waals surface area (Å²) in [4.78, 5) is 12.3. The van der Waals surface area contributed by atoms with Gasteiger partial charge in [0.15, 0.2) is 0 Å². The van der Waals surface area contributed by atoms with E-state index in [4.69, 9.17) is 9.15 Å². The first-order valence-electron chi connectivity index (χ1n) is 8.35. The van der Waals surface area contributed by atoms with E-state index in [-0.39, 0.29) is 17.7 Å². The van der Waals surface area contributed by atoms with Crippen LogP contribution in [-0.2, 0) is 14.6 Å². The van der Waals surface area contributed by atoms with Crippen LogP contribution >= 0.6 is 0 Å². The third-order valence-electron chi connectivity index (χ3n) is 3.60. The Labute approximate surface area is 158 Å². The first kappa shape index (κ1) is 20.6. The summed E-state index contributed by atoms with van der Waals surface area (Å²) >= 11 is 0. The predicted molar refractivity (Wildman–Crippen MR) is 99.8 cm³/mol. The summed E-state index contributed by atoms with van der Waals surface area (Å²) in [5.41, 5.74) is 0.837. The van der Waals surface area contributed by atoms with Gasteiger partial charge in [-0.05, 0) is 36.1 Å². The second-order valence-corrected chi connectivity index (χ2v) is 8.37. The molecule has 0 bridgehead atoms. The average Bonchev–Trinajstić information content (AvgIpc) is 3.10. The third-order valence-corrected chi connectivity index (χ3v) is 4.40. The molecule has 1 atom stereocenters. The minimum Gasteiger partial charge on any atom is -0.497 e. The van der Waals surface area contributed by atoms with Gasteiger partial charge in [-0.3, -0.25) is 4.79 Å². The Morgan fingerprint density at radius 3 is 2.44 bits per heavy atom. The SMILES string of the molecule is COc1ccc(/C=C/C(=O)N[C@@H](CC(C)C)c2nnc(S(C)(=O)=O)o2)cc1. The number of carbonyl (C=O) groups is 1. The fraction of sp³-hybridized carbons (Fsp3) is 0.389. The van der Waals surface area contributed by atoms with Crippen molar-refractivity contribution >= 4 is 21.8 Å². The summed E-state index contributed by atoms with van der Waals surface area (Å²) in [7, 11) is -2.02. The fourth-order valence-corrected chi connectivity index (χ4v) is 2.74. The molecule has 1 aromatic carbocycles. The van der Waals surface area contributed by atoms with Gasteiger partial charge in [0, 0.05) is 12.3 Å². The van der Waals surface area contributed by atoms with Gasteiger partial charge in [-0.1, -0.05) is 31.1 Å². The summed E-state index contributed by atoms with van der Waals surface area (Å²) in [5, 5.41) is 9.64. The van der Waals surface area contributed by atoms with Crippen LogP contribution in [0, 0.1) is 5.92 Å². The number of nitrogens with one attached hydrogen (secondary N) is 1. The highest BCUT2D eigenvalue weighted by atomic mass is 32.2. The summed E-state index contributed by atoms with van der Waals surface area (Å²) in [6, 6.07) is 6.66. The molecule has 1 heterocycles. The highest BCUT2D eigenvalue weighted by molar-refractivity contribution is 7.90. The van der Waals surface area contributed by atoms with E-state index in [9.17, 15) is 13.2 Å². The first-order valence-corrected chi connectivity index (χ1v) is 10.2. The minimum atomic E-state index is -3.60. The number of hydrogen-bond acceptors (Lipinski definition) is 7. The molecule has 0 aliphatic rings. The molecule has 8 nitrogen and oxygen atoms in total. The van der Waals surface area contributed by atoms with Crippen molar-refractivity contribution in [2.45, 2.75) is 31.5 Å². The molecule has 0 spiro atoms. The van der Waals surface area contributed by atoms with Crippen LogP contribution < -0.4 is 10.1 Å². The predicted octanol–water partition coefficient (Wildman–Crippen LogP) is 2.40. The number of aromatic nitrogens is 2. The molecule has 2 rings (SSSR count). The third kappa shape index (κ3) is 6.21. The number of ether oxygens (including phenoxy) is 1. The highest BCUT2D eigenvalue weighted by Crippen LogP contribution is 2.21. The number of methoxy groups -OCH3 is 1. The maximum atomic E-state index is 12.3.